The van der Waals surface area contributed by atoms with Crippen LogP contribution in [0.1, 0.15) is 32.2 Å². The number of carbonyl (C=O) groups is 1. The van der Waals surface area contributed by atoms with E-state index in [1.54, 1.807) is 25.2 Å². The first-order valence-electron chi connectivity index (χ1n) is 9.60. The fraction of sp³-hybridized carbons (Fsp3) is 0.286. The Morgan fingerprint density at radius 2 is 1.94 bits per heavy atom. The number of benzene rings is 1. The molecule has 0 aliphatic heterocycles. The maximum absolute atomic E-state index is 12.9. The maximum atomic E-state index is 12.9. The molecular formula is C21H22N6O3S. The van der Waals surface area contributed by atoms with Crippen molar-refractivity contribution in [1.29, 1.82) is 0 Å². The van der Waals surface area contributed by atoms with Gasteiger partial charge in [0.25, 0.3) is 5.91 Å². The van der Waals surface area contributed by atoms with E-state index < -0.39 is 0 Å². The van der Waals surface area contributed by atoms with Crippen molar-refractivity contribution >= 4 is 27.5 Å². The van der Waals surface area contributed by atoms with E-state index in [2.05, 4.69) is 25.4 Å². The van der Waals surface area contributed by atoms with Crippen molar-refractivity contribution in [3.05, 3.63) is 64.3 Å². The standard InChI is InChI=1S/C21H22N6O3S/c1-13-17-20(30-3)25-16(10-29-2)26-21(17)31-18(13)19(28)23-8-14-4-6-15(7-5-14)9-27-12-22-11-24-27/h4-7,11-12H,8-10H2,1-3H3,(H,23,28). The van der Waals surface area contributed by atoms with Crippen LogP contribution in [0.5, 0.6) is 5.88 Å². The fourth-order valence-corrected chi connectivity index (χ4v) is 4.34. The Hall–Kier alpha value is -3.37. The van der Waals surface area contributed by atoms with Crippen LogP contribution in [0.15, 0.2) is 36.9 Å². The lowest BCUT2D eigenvalue weighted by Gasteiger charge is -2.07. The van der Waals surface area contributed by atoms with Gasteiger partial charge in [-0.05, 0) is 23.6 Å². The number of nitrogens with zero attached hydrogens (tertiary/aromatic N) is 5. The summed E-state index contributed by atoms with van der Waals surface area (Å²) in [7, 11) is 3.14. The maximum Gasteiger partial charge on any atom is 0.261 e. The zero-order chi connectivity index (χ0) is 21.8. The van der Waals surface area contributed by atoms with Crippen LogP contribution in [0.25, 0.3) is 10.2 Å². The third-order valence-corrected chi connectivity index (χ3v) is 5.95. The third-order valence-electron chi connectivity index (χ3n) is 4.76. The molecule has 0 atom stereocenters. The van der Waals surface area contributed by atoms with Gasteiger partial charge in [-0.15, -0.1) is 11.3 Å². The number of aromatic nitrogens is 5. The molecule has 3 heterocycles. The molecule has 0 saturated carbocycles. The van der Waals surface area contributed by atoms with E-state index in [0.717, 1.165) is 22.1 Å². The minimum atomic E-state index is -0.150. The molecule has 10 heteroatoms. The van der Waals surface area contributed by atoms with Gasteiger partial charge in [0, 0.05) is 13.7 Å². The summed E-state index contributed by atoms with van der Waals surface area (Å²) in [4.78, 5) is 27.0. The first kappa shape index (κ1) is 20.9. The molecule has 1 N–H and O–H groups in total. The van der Waals surface area contributed by atoms with Crippen molar-refractivity contribution in [3.8, 4) is 5.88 Å². The number of thiophene rings is 1. The largest absolute Gasteiger partial charge is 0.480 e. The molecule has 0 radical (unpaired) electrons. The number of methoxy groups -OCH3 is 2. The Morgan fingerprint density at radius 3 is 2.61 bits per heavy atom. The number of amides is 1. The van der Waals surface area contributed by atoms with Crippen molar-refractivity contribution in [1.82, 2.24) is 30.0 Å². The second-order valence-electron chi connectivity index (χ2n) is 6.91. The van der Waals surface area contributed by atoms with Gasteiger partial charge >= 0.3 is 0 Å². The van der Waals surface area contributed by atoms with E-state index in [-0.39, 0.29) is 12.5 Å². The Bertz CT molecular complexity index is 1190. The zero-order valence-corrected chi connectivity index (χ0v) is 18.3. The lowest BCUT2D eigenvalue weighted by Crippen LogP contribution is -2.22. The van der Waals surface area contributed by atoms with Gasteiger partial charge in [-0.25, -0.2) is 14.6 Å². The molecule has 0 saturated heterocycles. The van der Waals surface area contributed by atoms with Crippen molar-refractivity contribution in [3.63, 3.8) is 0 Å². The first-order valence-corrected chi connectivity index (χ1v) is 10.4. The summed E-state index contributed by atoms with van der Waals surface area (Å²) in [6.45, 7) is 3.24. The molecule has 0 spiro atoms. The van der Waals surface area contributed by atoms with Crippen LogP contribution in [0.4, 0.5) is 0 Å². The van der Waals surface area contributed by atoms with E-state index in [4.69, 9.17) is 9.47 Å². The Morgan fingerprint density at radius 1 is 1.16 bits per heavy atom. The molecular weight excluding hydrogens is 416 g/mol. The van der Waals surface area contributed by atoms with E-state index in [1.807, 2.05) is 31.2 Å². The normalized spacial score (nSPS) is 11.1. The quantitative estimate of drug-likeness (QED) is 0.451. The molecule has 0 bridgehead atoms. The number of nitrogens with one attached hydrogen (secondary N) is 1. The summed E-state index contributed by atoms with van der Waals surface area (Å²) in [5, 5.41) is 7.85. The highest BCUT2D eigenvalue weighted by Gasteiger charge is 2.21. The van der Waals surface area contributed by atoms with Crippen LogP contribution in [0.2, 0.25) is 0 Å². The number of hydrogen-bond donors (Lipinski definition) is 1. The van der Waals surface area contributed by atoms with E-state index in [0.29, 0.717) is 34.5 Å². The second kappa shape index (κ2) is 9.19. The van der Waals surface area contributed by atoms with E-state index in [9.17, 15) is 4.79 Å². The molecule has 1 amide bonds. The van der Waals surface area contributed by atoms with Gasteiger partial charge in [-0.2, -0.15) is 10.1 Å². The Balaban J connectivity index is 1.47. The predicted molar refractivity (Wildman–Crippen MR) is 116 cm³/mol. The topological polar surface area (TPSA) is 104 Å². The molecule has 4 rings (SSSR count). The molecule has 0 aliphatic rings. The summed E-state index contributed by atoms with van der Waals surface area (Å²) in [6.07, 6.45) is 3.19. The van der Waals surface area contributed by atoms with E-state index >= 15 is 0 Å². The molecule has 31 heavy (non-hydrogen) atoms. The molecule has 0 unspecified atom stereocenters. The van der Waals surface area contributed by atoms with Crippen LogP contribution in [0, 0.1) is 6.92 Å². The van der Waals surface area contributed by atoms with Crippen LogP contribution < -0.4 is 10.1 Å². The second-order valence-corrected chi connectivity index (χ2v) is 7.91. The Kier molecular flexibility index (Phi) is 6.19. The van der Waals surface area contributed by atoms with Crippen molar-refractivity contribution in [2.45, 2.75) is 26.6 Å². The number of hydrogen-bond acceptors (Lipinski definition) is 8. The minimum Gasteiger partial charge on any atom is -0.480 e. The van der Waals surface area contributed by atoms with Crippen LogP contribution in [-0.2, 0) is 24.4 Å². The third kappa shape index (κ3) is 4.54. The summed E-state index contributed by atoms with van der Waals surface area (Å²) in [6, 6.07) is 8.03. The number of aryl methyl sites for hydroxylation is 1. The number of ether oxygens (including phenoxy) is 2. The number of carbonyl (C=O) groups excluding carboxylic acids is 1. The SMILES string of the molecule is COCc1nc(OC)c2c(C)c(C(=O)NCc3ccc(Cn4cncn4)cc3)sc2n1. The highest BCUT2D eigenvalue weighted by Crippen LogP contribution is 2.35. The molecule has 0 fully saturated rings. The predicted octanol–water partition coefficient (Wildman–Crippen LogP) is 2.72. The minimum absolute atomic E-state index is 0.150. The molecule has 0 aliphatic carbocycles. The lowest BCUT2D eigenvalue weighted by molar-refractivity contribution is 0.0954. The fourth-order valence-electron chi connectivity index (χ4n) is 3.23. The van der Waals surface area contributed by atoms with Gasteiger partial charge in [0.15, 0.2) is 5.82 Å². The summed E-state index contributed by atoms with van der Waals surface area (Å²) in [5.74, 6) is 0.821. The summed E-state index contributed by atoms with van der Waals surface area (Å²) in [5.41, 5.74) is 2.93. The van der Waals surface area contributed by atoms with Crippen molar-refractivity contribution in [2.75, 3.05) is 14.2 Å². The smallest absolute Gasteiger partial charge is 0.261 e. The van der Waals surface area contributed by atoms with Gasteiger partial charge in [0.05, 0.1) is 23.9 Å². The average Bonchev–Trinajstić information content (AvgIpc) is 3.40. The number of fused-ring (bicyclic) bond motifs is 1. The van der Waals surface area contributed by atoms with Gasteiger partial charge < -0.3 is 14.8 Å². The number of rotatable bonds is 8. The van der Waals surface area contributed by atoms with Gasteiger partial charge in [-0.3, -0.25) is 4.79 Å². The first-order chi connectivity index (χ1) is 15.1. The van der Waals surface area contributed by atoms with Gasteiger partial charge in [0.2, 0.25) is 5.88 Å². The summed E-state index contributed by atoms with van der Waals surface area (Å²) < 4.78 is 12.3. The van der Waals surface area contributed by atoms with Crippen molar-refractivity contribution < 1.29 is 14.3 Å². The molecule has 9 nitrogen and oxygen atoms in total. The monoisotopic (exact) mass is 438 g/mol. The highest BCUT2D eigenvalue weighted by molar-refractivity contribution is 7.20. The van der Waals surface area contributed by atoms with Crippen LogP contribution >= 0.6 is 11.3 Å². The van der Waals surface area contributed by atoms with Crippen molar-refractivity contribution in [2.24, 2.45) is 0 Å². The summed E-state index contributed by atoms with van der Waals surface area (Å²) >= 11 is 1.33. The van der Waals surface area contributed by atoms with E-state index in [1.165, 1.54) is 17.7 Å². The lowest BCUT2D eigenvalue weighted by atomic mass is 10.1. The molecule has 4 aromatic rings. The molecule has 1 aromatic carbocycles. The van der Waals surface area contributed by atoms with Gasteiger partial charge in [0.1, 0.15) is 24.1 Å². The molecule has 3 aromatic heterocycles. The van der Waals surface area contributed by atoms with Crippen LogP contribution in [-0.4, -0.2) is 44.9 Å². The average molecular weight is 439 g/mol. The Labute approximate surface area is 183 Å². The zero-order valence-electron chi connectivity index (χ0n) is 17.5. The van der Waals surface area contributed by atoms with Crippen LogP contribution in [0.3, 0.4) is 0 Å². The molecule has 160 valence electrons. The highest BCUT2D eigenvalue weighted by atomic mass is 32.1. The van der Waals surface area contributed by atoms with Gasteiger partial charge in [-0.1, -0.05) is 24.3 Å².